The Hall–Kier alpha value is -2.44. The third kappa shape index (κ3) is 4.06. The molecule has 1 rings (SSSR count). The average Bonchev–Trinajstić information content (AvgIpc) is 2.34. The standard InChI is InChI=1S/C12H14N2O5/c1-7-3-9(5-10(4-7)14(18)19)11(15)13-6-8(2)12(16)17/h3-5,8H,6H2,1-2H3,(H,13,15)(H,16,17). The third-order valence-electron chi connectivity index (χ3n) is 2.53. The molecule has 0 aromatic heterocycles. The second-order valence-electron chi connectivity index (χ2n) is 4.26. The van der Waals surface area contributed by atoms with Crippen molar-refractivity contribution in [3.63, 3.8) is 0 Å². The van der Waals surface area contributed by atoms with E-state index in [-0.39, 0.29) is 17.8 Å². The highest BCUT2D eigenvalue weighted by Crippen LogP contribution is 2.16. The van der Waals surface area contributed by atoms with Gasteiger partial charge in [-0.3, -0.25) is 19.7 Å². The van der Waals surface area contributed by atoms with E-state index in [4.69, 9.17) is 5.11 Å². The molecule has 2 N–H and O–H groups in total. The van der Waals surface area contributed by atoms with E-state index in [0.29, 0.717) is 5.56 Å². The first kappa shape index (κ1) is 14.6. The average molecular weight is 266 g/mol. The lowest BCUT2D eigenvalue weighted by molar-refractivity contribution is -0.384. The molecular weight excluding hydrogens is 252 g/mol. The van der Waals surface area contributed by atoms with Gasteiger partial charge in [0.15, 0.2) is 0 Å². The van der Waals surface area contributed by atoms with Crippen molar-refractivity contribution < 1.29 is 19.6 Å². The molecule has 0 saturated carbocycles. The lowest BCUT2D eigenvalue weighted by Crippen LogP contribution is -2.31. The first-order valence-electron chi connectivity index (χ1n) is 5.58. The number of benzene rings is 1. The number of hydrogen-bond donors (Lipinski definition) is 2. The number of carbonyl (C=O) groups excluding carboxylic acids is 1. The van der Waals surface area contributed by atoms with E-state index in [0.717, 1.165) is 6.07 Å². The minimum Gasteiger partial charge on any atom is -0.481 e. The highest BCUT2D eigenvalue weighted by Gasteiger charge is 2.16. The molecule has 0 saturated heterocycles. The van der Waals surface area contributed by atoms with Gasteiger partial charge in [0.25, 0.3) is 11.6 Å². The van der Waals surface area contributed by atoms with E-state index in [1.165, 1.54) is 19.1 Å². The fourth-order valence-corrected chi connectivity index (χ4v) is 1.43. The van der Waals surface area contributed by atoms with E-state index in [1.54, 1.807) is 6.92 Å². The van der Waals surface area contributed by atoms with Crippen molar-refractivity contribution in [2.75, 3.05) is 6.54 Å². The van der Waals surface area contributed by atoms with Gasteiger partial charge in [-0.2, -0.15) is 0 Å². The molecule has 0 aliphatic carbocycles. The monoisotopic (exact) mass is 266 g/mol. The highest BCUT2D eigenvalue weighted by atomic mass is 16.6. The van der Waals surface area contributed by atoms with Gasteiger partial charge in [-0.25, -0.2) is 0 Å². The summed E-state index contributed by atoms with van der Waals surface area (Å²) >= 11 is 0. The number of carboxylic acids is 1. The summed E-state index contributed by atoms with van der Waals surface area (Å²) in [5.74, 6) is -2.26. The number of rotatable bonds is 5. The van der Waals surface area contributed by atoms with E-state index in [9.17, 15) is 19.7 Å². The van der Waals surface area contributed by atoms with Gasteiger partial charge < -0.3 is 10.4 Å². The molecule has 0 spiro atoms. The zero-order valence-electron chi connectivity index (χ0n) is 10.5. The second-order valence-corrected chi connectivity index (χ2v) is 4.26. The summed E-state index contributed by atoms with van der Waals surface area (Å²) in [6.45, 7) is 3.07. The number of carbonyl (C=O) groups is 2. The van der Waals surface area contributed by atoms with Crippen molar-refractivity contribution >= 4 is 17.6 Å². The van der Waals surface area contributed by atoms with Gasteiger partial charge in [0.1, 0.15) is 0 Å². The largest absolute Gasteiger partial charge is 0.481 e. The molecule has 7 nitrogen and oxygen atoms in total. The summed E-state index contributed by atoms with van der Waals surface area (Å²) < 4.78 is 0. The topological polar surface area (TPSA) is 110 Å². The molecule has 0 bridgehead atoms. The quantitative estimate of drug-likeness (QED) is 0.617. The van der Waals surface area contributed by atoms with Crippen LogP contribution in [0.5, 0.6) is 0 Å². The molecule has 1 aromatic rings. The maximum atomic E-state index is 11.8. The van der Waals surface area contributed by atoms with Gasteiger partial charge in [-0.15, -0.1) is 0 Å². The van der Waals surface area contributed by atoms with Crippen molar-refractivity contribution in [2.45, 2.75) is 13.8 Å². The SMILES string of the molecule is Cc1cc(C(=O)NCC(C)C(=O)O)cc([N+](=O)[O-])c1. The van der Waals surface area contributed by atoms with Crippen LogP contribution in [0.25, 0.3) is 0 Å². The van der Waals surface area contributed by atoms with Crippen molar-refractivity contribution in [3.8, 4) is 0 Å². The van der Waals surface area contributed by atoms with Crippen LogP contribution in [0.1, 0.15) is 22.8 Å². The van der Waals surface area contributed by atoms with Crippen molar-refractivity contribution in [1.29, 1.82) is 0 Å². The molecule has 0 aliphatic heterocycles. The van der Waals surface area contributed by atoms with E-state index < -0.39 is 22.7 Å². The Kier molecular flexibility index (Phi) is 4.57. The summed E-state index contributed by atoms with van der Waals surface area (Å²) in [6.07, 6.45) is 0. The zero-order chi connectivity index (χ0) is 14.6. The van der Waals surface area contributed by atoms with E-state index in [1.807, 2.05) is 0 Å². The number of nitrogens with zero attached hydrogens (tertiary/aromatic N) is 1. The Morgan fingerprint density at radius 3 is 2.58 bits per heavy atom. The van der Waals surface area contributed by atoms with Gasteiger partial charge in [-0.1, -0.05) is 6.92 Å². The Morgan fingerprint density at radius 2 is 2.05 bits per heavy atom. The maximum Gasteiger partial charge on any atom is 0.308 e. The van der Waals surface area contributed by atoms with Gasteiger partial charge in [0.05, 0.1) is 10.8 Å². The van der Waals surface area contributed by atoms with Crippen LogP contribution in [0.4, 0.5) is 5.69 Å². The van der Waals surface area contributed by atoms with Crippen LogP contribution in [-0.4, -0.2) is 28.5 Å². The number of amides is 1. The van der Waals surface area contributed by atoms with E-state index in [2.05, 4.69) is 5.32 Å². The number of aryl methyl sites for hydroxylation is 1. The molecule has 1 unspecified atom stereocenters. The molecule has 19 heavy (non-hydrogen) atoms. The molecule has 102 valence electrons. The van der Waals surface area contributed by atoms with Crippen molar-refractivity contribution in [1.82, 2.24) is 5.32 Å². The third-order valence-corrected chi connectivity index (χ3v) is 2.53. The number of nitro groups is 1. The van der Waals surface area contributed by atoms with Crippen LogP contribution >= 0.6 is 0 Å². The molecule has 0 fully saturated rings. The smallest absolute Gasteiger partial charge is 0.308 e. The van der Waals surface area contributed by atoms with Gasteiger partial charge in [0.2, 0.25) is 0 Å². The zero-order valence-corrected chi connectivity index (χ0v) is 10.5. The van der Waals surface area contributed by atoms with E-state index >= 15 is 0 Å². The molecule has 7 heteroatoms. The predicted octanol–water partition coefficient (Wildman–Crippen LogP) is 1.35. The Balaban J connectivity index is 2.82. The normalized spacial score (nSPS) is 11.7. The summed E-state index contributed by atoms with van der Waals surface area (Å²) in [5, 5.41) is 21.8. The summed E-state index contributed by atoms with van der Waals surface area (Å²) in [5.41, 5.74) is 0.561. The first-order valence-corrected chi connectivity index (χ1v) is 5.58. The van der Waals surface area contributed by atoms with Crippen LogP contribution in [0.2, 0.25) is 0 Å². The maximum absolute atomic E-state index is 11.8. The van der Waals surface area contributed by atoms with Crippen LogP contribution in [0, 0.1) is 23.0 Å². The lowest BCUT2D eigenvalue weighted by atomic mass is 10.1. The van der Waals surface area contributed by atoms with Crippen LogP contribution in [0.15, 0.2) is 18.2 Å². The van der Waals surface area contributed by atoms with Crippen LogP contribution in [0.3, 0.4) is 0 Å². The fraction of sp³-hybridized carbons (Fsp3) is 0.333. The molecular formula is C12H14N2O5. The summed E-state index contributed by atoms with van der Waals surface area (Å²) in [6, 6.07) is 4.03. The van der Waals surface area contributed by atoms with Crippen molar-refractivity contribution in [2.24, 2.45) is 5.92 Å². The molecule has 0 heterocycles. The minimum atomic E-state index is -1.02. The summed E-state index contributed by atoms with van der Waals surface area (Å²) in [4.78, 5) is 32.5. The molecule has 0 radical (unpaired) electrons. The first-order chi connectivity index (χ1) is 8.81. The second kappa shape index (κ2) is 5.94. The molecule has 1 aromatic carbocycles. The van der Waals surface area contributed by atoms with Crippen molar-refractivity contribution in [3.05, 3.63) is 39.4 Å². The van der Waals surface area contributed by atoms with Crippen LogP contribution in [-0.2, 0) is 4.79 Å². The van der Waals surface area contributed by atoms with Gasteiger partial charge >= 0.3 is 5.97 Å². The number of hydrogen-bond acceptors (Lipinski definition) is 4. The number of aliphatic carboxylic acids is 1. The molecule has 1 amide bonds. The molecule has 0 aliphatic rings. The Morgan fingerprint density at radius 1 is 1.42 bits per heavy atom. The Bertz CT molecular complexity index is 527. The highest BCUT2D eigenvalue weighted by molar-refractivity contribution is 5.95. The minimum absolute atomic E-state index is 0.0318. The van der Waals surface area contributed by atoms with Gasteiger partial charge in [0, 0.05) is 24.2 Å². The van der Waals surface area contributed by atoms with Crippen LogP contribution < -0.4 is 5.32 Å². The van der Waals surface area contributed by atoms with Gasteiger partial charge in [-0.05, 0) is 18.6 Å². The molecule has 1 atom stereocenters. The number of non-ortho nitro benzene ring substituents is 1. The predicted molar refractivity (Wildman–Crippen MR) is 67.0 cm³/mol. The Labute approximate surface area is 109 Å². The fourth-order valence-electron chi connectivity index (χ4n) is 1.43. The number of nitro benzene ring substituents is 1. The summed E-state index contributed by atoms with van der Waals surface area (Å²) in [7, 11) is 0. The number of carboxylic acid groups (broad SMARTS) is 1. The number of nitrogens with one attached hydrogen (secondary N) is 1. The lowest BCUT2D eigenvalue weighted by Gasteiger charge is -2.08.